The third-order valence-corrected chi connectivity index (χ3v) is 2.47. The van der Waals surface area contributed by atoms with Crippen molar-refractivity contribution < 1.29 is 30.6 Å². The smallest absolute Gasteiger partial charge is 0.122 e. The lowest BCUT2D eigenvalue weighted by molar-refractivity contribution is -0.0756. The van der Waals surface area contributed by atoms with Crippen molar-refractivity contribution in [1.82, 2.24) is 0 Å². The van der Waals surface area contributed by atoms with Crippen LogP contribution in [0.5, 0.6) is 11.5 Å². The van der Waals surface area contributed by atoms with E-state index in [4.69, 9.17) is 15.3 Å². The second kappa shape index (κ2) is 5.83. The fourth-order valence-corrected chi connectivity index (χ4v) is 1.44. The molecule has 0 unspecified atom stereocenters. The summed E-state index contributed by atoms with van der Waals surface area (Å²) in [4.78, 5) is 0. The molecular weight excluding hydrogens is 228 g/mol. The lowest BCUT2D eigenvalue weighted by atomic mass is 10.00. The third-order valence-electron chi connectivity index (χ3n) is 2.47. The van der Waals surface area contributed by atoms with Gasteiger partial charge in [-0.2, -0.15) is 0 Å². The fourth-order valence-electron chi connectivity index (χ4n) is 1.44. The van der Waals surface area contributed by atoms with E-state index in [2.05, 4.69) is 0 Å². The van der Waals surface area contributed by atoms with Crippen LogP contribution in [0.2, 0.25) is 0 Å². The van der Waals surface area contributed by atoms with E-state index in [1.165, 1.54) is 12.1 Å². The highest BCUT2D eigenvalue weighted by atomic mass is 16.4. The number of aromatic hydroxyl groups is 2. The zero-order chi connectivity index (χ0) is 13.0. The number of phenols is 2. The van der Waals surface area contributed by atoms with E-state index in [-0.39, 0.29) is 17.9 Å². The number of benzene rings is 1. The van der Waals surface area contributed by atoms with Crippen LogP contribution < -0.4 is 0 Å². The summed E-state index contributed by atoms with van der Waals surface area (Å²) >= 11 is 0. The predicted molar refractivity (Wildman–Crippen MR) is 58.6 cm³/mol. The molecule has 1 aromatic rings. The Labute approximate surface area is 98.0 Å². The molecule has 6 heteroatoms. The van der Waals surface area contributed by atoms with Crippen LogP contribution in [0.15, 0.2) is 18.2 Å². The number of rotatable bonds is 5. The Morgan fingerprint density at radius 2 is 1.65 bits per heavy atom. The normalized spacial score (nSPS) is 16.5. The van der Waals surface area contributed by atoms with E-state index in [1.807, 2.05) is 0 Å². The van der Waals surface area contributed by atoms with Gasteiger partial charge in [0.2, 0.25) is 0 Å². The standard InChI is InChI=1S/C11H16O6/c12-5-10(16)11(17)9(15)3-6-1-2-7(13)4-8(6)14/h1-2,4,9-17H,3,5H2/t9-,10+,11+/m0/s1. The lowest BCUT2D eigenvalue weighted by Crippen LogP contribution is -2.40. The van der Waals surface area contributed by atoms with Crippen LogP contribution in [-0.4, -0.2) is 55.6 Å². The maximum absolute atomic E-state index is 9.57. The molecule has 96 valence electrons. The van der Waals surface area contributed by atoms with Gasteiger partial charge in [-0.25, -0.2) is 0 Å². The van der Waals surface area contributed by atoms with Gasteiger partial charge < -0.3 is 30.6 Å². The van der Waals surface area contributed by atoms with E-state index in [0.29, 0.717) is 5.56 Å². The summed E-state index contributed by atoms with van der Waals surface area (Å²) in [5, 5.41) is 55.2. The third kappa shape index (κ3) is 3.57. The Balaban J connectivity index is 2.70. The molecule has 6 N–H and O–H groups in total. The van der Waals surface area contributed by atoms with Gasteiger partial charge in [0.15, 0.2) is 0 Å². The second-order valence-corrected chi connectivity index (χ2v) is 3.83. The molecule has 0 aromatic heterocycles. The van der Waals surface area contributed by atoms with E-state index in [9.17, 15) is 15.3 Å². The van der Waals surface area contributed by atoms with Crippen LogP contribution >= 0.6 is 0 Å². The van der Waals surface area contributed by atoms with E-state index >= 15 is 0 Å². The Kier molecular flexibility index (Phi) is 4.71. The zero-order valence-corrected chi connectivity index (χ0v) is 9.06. The molecule has 0 saturated carbocycles. The van der Waals surface area contributed by atoms with Gasteiger partial charge >= 0.3 is 0 Å². The molecule has 0 amide bonds. The monoisotopic (exact) mass is 244 g/mol. The van der Waals surface area contributed by atoms with Crippen molar-refractivity contribution >= 4 is 0 Å². The fraction of sp³-hybridized carbons (Fsp3) is 0.455. The van der Waals surface area contributed by atoms with Gasteiger partial charge in [0.25, 0.3) is 0 Å². The molecule has 0 bridgehead atoms. The van der Waals surface area contributed by atoms with Crippen molar-refractivity contribution in [2.45, 2.75) is 24.7 Å². The highest BCUT2D eigenvalue weighted by Crippen LogP contribution is 2.24. The first-order valence-electron chi connectivity index (χ1n) is 5.11. The summed E-state index contributed by atoms with van der Waals surface area (Å²) in [6.45, 7) is -0.667. The minimum Gasteiger partial charge on any atom is -0.508 e. The van der Waals surface area contributed by atoms with Gasteiger partial charge in [0, 0.05) is 12.5 Å². The molecule has 0 aliphatic carbocycles. The molecular formula is C11H16O6. The molecule has 3 atom stereocenters. The Morgan fingerprint density at radius 3 is 2.18 bits per heavy atom. The van der Waals surface area contributed by atoms with Crippen molar-refractivity contribution in [1.29, 1.82) is 0 Å². The minimum absolute atomic E-state index is 0.107. The van der Waals surface area contributed by atoms with Crippen molar-refractivity contribution in [2.24, 2.45) is 0 Å². The number of hydrogen-bond acceptors (Lipinski definition) is 6. The van der Waals surface area contributed by atoms with Crippen LogP contribution in [0, 0.1) is 0 Å². The number of aliphatic hydroxyl groups is 4. The molecule has 1 rings (SSSR count). The molecule has 6 nitrogen and oxygen atoms in total. The molecule has 0 spiro atoms. The first-order chi connectivity index (χ1) is 7.95. The number of phenolic OH excluding ortho intramolecular Hbond substituents is 2. The Morgan fingerprint density at radius 1 is 1.00 bits per heavy atom. The molecule has 0 heterocycles. The molecule has 17 heavy (non-hydrogen) atoms. The van der Waals surface area contributed by atoms with Gasteiger partial charge in [-0.05, 0) is 11.6 Å². The van der Waals surface area contributed by atoms with Gasteiger partial charge in [-0.1, -0.05) is 6.07 Å². The minimum atomic E-state index is -1.51. The Bertz CT molecular complexity index is 367. The molecule has 0 radical (unpaired) electrons. The summed E-state index contributed by atoms with van der Waals surface area (Å²) in [7, 11) is 0. The largest absolute Gasteiger partial charge is 0.508 e. The van der Waals surface area contributed by atoms with Crippen molar-refractivity contribution in [3.05, 3.63) is 23.8 Å². The van der Waals surface area contributed by atoms with Crippen molar-refractivity contribution in [2.75, 3.05) is 6.61 Å². The first-order valence-corrected chi connectivity index (χ1v) is 5.11. The molecule has 1 aromatic carbocycles. The highest BCUT2D eigenvalue weighted by molar-refractivity contribution is 5.39. The summed E-state index contributed by atoms with van der Waals surface area (Å²) in [5.74, 6) is -0.327. The van der Waals surface area contributed by atoms with E-state index in [1.54, 1.807) is 0 Å². The molecule has 0 aliphatic heterocycles. The van der Waals surface area contributed by atoms with Crippen molar-refractivity contribution in [3.63, 3.8) is 0 Å². The van der Waals surface area contributed by atoms with Gasteiger partial charge in [-0.15, -0.1) is 0 Å². The van der Waals surface area contributed by atoms with Crippen molar-refractivity contribution in [3.8, 4) is 11.5 Å². The average Bonchev–Trinajstić information content (AvgIpc) is 2.30. The van der Waals surface area contributed by atoms with Crippen LogP contribution in [0.4, 0.5) is 0 Å². The lowest BCUT2D eigenvalue weighted by Gasteiger charge is -2.21. The topological polar surface area (TPSA) is 121 Å². The summed E-state index contributed by atoms with van der Waals surface area (Å²) in [6, 6.07) is 3.83. The first kappa shape index (κ1) is 13.7. The van der Waals surface area contributed by atoms with Gasteiger partial charge in [0.05, 0.1) is 12.7 Å². The zero-order valence-electron chi connectivity index (χ0n) is 9.06. The SMILES string of the molecule is OC[C@@H](O)[C@H](O)[C@@H](O)Cc1ccc(O)cc1O. The maximum atomic E-state index is 9.57. The van der Waals surface area contributed by atoms with Gasteiger partial charge in [0.1, 0.15) is 23.7 Å². The van der Waals surface area contributed by atoms with E-state index < -0.39 is 24.9 Å². The predicted octanol–water partition coefficient (Wildman–Crippen LogP) is -1.28. The average molecular weight is 244 g/mol. The summed E-state index contributed by atoms with van der Waals surface area (Å²) in [5.41, 5.74) is 0.319. The Hall–Kier alpha value is -1.34. The molecule has 0 fully saturated rings. The quantitative estimate of drug-likeness (QED) is 0.383. The summed E-state index contributed by atoms with van der Waals surface area (Å²) < 4.78 is 0. The molecule has 0 saturated heterocycles. The summed E-state index contributed by atoms with van der Waals surface area (Å²) in [6.07, 6.45) is -4.38. The molecule has 0 aliphatic rings. The number of aliphatic hydroxyl groups excluding tert-OH is 4. The van der Waals surface area contributed by atoms with E-state index in [0.717, 1.165) is 6.07 Å². The maximum Gasteiger partial charge on any atom is 0.122 e. The van der Waals surface area contributed by atoms with Gasteiger partial charge in [-0.3, -0.25) is 0 Å². The second-order valence-electron chi connectivity index (χ2n) is 3.83. The number of hydrogen-bond donors (Lipinski definition) is 6. The van der Waals surface area contributed by atoms with Crippen LogP contribution in [0.25, 0.3) is 0 Å². The van der Waals surface area contributed by atoms with Crippen LogP contribution in [0.1, 0.15) is 5.56 Å². The highest BCUT2D eigenvalue weighted by Gasteiger charge is 2.24. The van der Waals surface area contributed by atoms with Crippen LogP contribution in [-0.2, 0) is 6.42 Å². The van der Waals surface area contributed by atoms with Crippen LogP contribution in [0.3, 0.4) is 0 Å².